The molecule has 0 spiro atoms. The fourth-order valence-electron chi connectivity index (χ4n) is 2.77. The number of hydrogen-bond acceptors (Lipinski definition) is 3. The predicted octanol–water partition coefficient (Wildman–Crippen LogP) is 3.08. The molecule has 1 aromatic carbocycles. The van der Waals surface area contributed by atoms with E-state index in [-0.39, 0.29) is 6.04 Å². The van der Waals surface area contributed by atoms with Gasteiger partial charge in [-0.3, -0.25) is 0 Å². The monoisotopic (exact) mass is 273 g/mol. The Morgan fingerprint density at radius 1 is 1.35 bits per heavy atom. The highest BCUT2D eigenvalue weighted by atomic mass is 16.5. The van der Waals surface area contributed by atoms with Crippen molar-refractivity contribution in [3.8, 4) is 11.4 Å². The van der Waals surface area contributed by atoms with Crippen molar-refractivity contribution in [2.45, 2.75) is 40.2 Å². The Balaban J connectivity index is 2.70. The molecule has 0 aliphatic carbocycles. The standard InChI is InChI=1S/C16H23N3O/c1-6-13-11(3)18-19(12(13)4)14-8-7-9-15(20-5)16(14)10(2)17/h7-10H,6,17H2,1-5H3/t10-/m0/s1. The molecule has 0 aliphatic heterocycles. The Kier molecular flexibility index (Phi) is 4.14. The van der Waals surface area contributed by atoms with Gasteiger partial charge in [-0.1, -0.05) is 13.0 Å². The van der Waals surface area contributed by atoms with Gasteiger partial charge in [0.05, 0.1) is 18.5 Å². The average molecular weight is 273 g/mol. The van der Waals surface area contributed by atoms with Gasteiger partial charge >= 0.3 is 0 Å². The smallest absolute Gasteiger partial charge is 0.125 e. The maximum absolute atomic E-state index is 6.13. The zero-order valence-electron chi connectivity index (χ0n) is 12.9. The first-order chi connectivity index (χ1) is 9.51. The second-order valence-electron chi connectivity index (χ2n) is 5.10. The molecule has 20 heavy (non-hydrogen) atoms. The van der Waals surface area contributed by atoms with Crippen LogP contribution in [0.25, 0.3) is 5.69 Å². The Bertz CT molecular complexity index is 614. The van der Waals surface area contributed by atoms with Crippen LogP contribution in [0.3, 0.4) is 0 Å². The van der Waals surface area contributed by atoms with E-state index in [0.29, 0.717) is 0 Å². The van der Waals surface area contributed by atoms with Gasteiger partial charge in [-0.25, -0.2) is 4.68 Å². The highest BCUT2D eigenvalue weighted by molar-refractivity contribution is 5.52. The summed E-state index contributed by atoms with van der Waals surface area (Å²) in [5.41, 5.74) is 11.7. The largest absolute Gasteiger partial charge is 0.496 e. The summed E-state index contributed by atoms with van der Waals surface area (Å²) in [6.07, 6.45) is 0.981. The SMILES string of the molecule is CCc1c(C)nn(-c2cccc(OC)c2[C@H](C)N)c1C. The van der Waals surface area contributed by atoms with Gasteiger partial charge in [-0.05, 0) is 44.9 Å². The van der Waals surface area contributed by atoms with Crippen molar-refractivity contribution in [2.75, 3.05) is 7.11 Å². The summed E-state index contributed by atoms with van der Waals surface area (Å²) in [5, 5.41) is 4.68. The van der Waals surface area contributed by atoms with Crippen LogP contribution < -0.4 is 10.5 Å². The molecule has 0 fully saturated rings. The molecular weight excluding hydrogens is 250 g/mol. The molecule has 4 heteroatoms. The average Bonchev–Trinajstić information content (AvgIpc) is 2.72. The Hall–Kier alpha value is -1.81. The molecule has 2 N–H and O–H groups in total. The van der Waals surface area contributed by atoms with E-state index in [2.05, 4.69) is 18.9 Å². The van der Waals surface area contributed by atoms with Crippen LogP contribution in [-0.2, 0) is 6.42 Å². The lowest BCUT2D eigenvalue weighted by molar-refractivity contribution is 0.406. The number of rotatable bonds is 4. The molecule has 4 nitrogen and oxygen atoms in total. The van der Waals surface area contributed by atoms with Gasteiger partial charge in [0.1, 0.15) is 5.75 Å². The molecular formula is C16H23N3O. The van der Waals surface area contributed by atoms with E-state index in [9.17, 15) is 0 Å². The van der Waals surface area contributed by atoms with Gasteiger partial charge < -0.3 is 10.5 Å². The number of nitrogens with two attached hydrogens (primary N) is 1. The third-order valence-electron chi connectivity index (χ3n) is 3.74. The molecule has 108 valence electrons. The van der Waals surface area contributed by atoms with E-state index in [4.69, 9.17) is 10.5 Å². The highest BCUT2D eigenvalue weighted by Gasteiger charge is 2.18. The van der Waals surface area contributed by atoms with Crippen molar-refractivity contribution in [3.05, 3.63) is 40.7 Å². The first-order valence-electron chi connectivity index (χ1n) is 6.99. The van der Waals surface area contributed by atoms with Crippen LogP contribution >= 0.6 is 0 Å². The second kappa shape index (κ2) is 5.67. The molecule has 2 aromatic rings. The van der Waals surface area contributed by atoms with Gasteiger partial charge in [-0.2, -0.15) is 5.10 Å². The van der Waals surface area contributed by atoms with E-state index >= 15 is 0 Å². The molecule has 0 saturated heterocycles. The Morgan fingerprint density at radius 2 is 2.05 bits per heavy atom. The summed E-state index contributed by atoms with van der Waals surface area (Å²) in [6, 6.07) is 5.84. The molecule has 0 radical (unpaired) electrons. The number of aromatic nitrogens is 2. The number of aryl methyl sites for hydroxylation is 1. The zero-order valence-corrected chi connectivity index (χ0v) is 12.9. The van der Waals surface area contributed by atoms with Crippen LogP contribution in [0.4, 0.5) is 0 Å². The normalized spacial score (nSPS) is 12.5. The molecule has 1 atom stereocenters. The van der Waals surface area contributed by atoms with Crippen LogP contribution in [0.5, 0.6) is 5.75 Å². The molecule has 0 saturated carbocycles. The summed E-state index contributed by atoms with van der Waals surface area (Å²) in [5.74, 6) is 0.808. The van der Waals surface area contributed by atoms with E-state index in [1.165, 1.54) is 11.3 Å². The van der Waals surface area contributed by atoms with E-state index in [0.717, 1.165) is 29.1 Å². The molecule has 0 unspecified atom stereocenters. The number of methoxy groups -OCH3 is 1. The van der Waals surface area contributed by atoms with Crippen molar-refractivity contribution < 1.29 is 4.74 Å². The molecule has 1 heterocycles. The maximum Gasteiger partial charge on any atom is 0.125 e. The minimum atomic E-state index is -0.116. The predicted molar refractivity (Wildman–Crippen MR) is 81.6 cm³/mol. The fraction of sp³-hybridized carbons (Fsp3) is 0.438. The third kappa shape index (κ3) is 2.31. The van der Waals surface area contributed by atoms with Gasteiger partial charge in [-0.15, -0.1) is 0 Å². The minimum absolute atomic E-state index is 0.116. The number of nitrogens with zero attached hydrogens (tertiary/aromatic N) is 2. The molecule has 2 rings (SSSR count). The topological polar surface area (TPSA) is 53.1 Å². The van der Waals surface area contributed by atoms with Gasteiger partial charge in [0.25, 0.3) is 0 Å². The van der Waals surface area contributed by atoms with Crippen molar-refractivity contribution >= 4 is 0 Å². The van der Waals surface area contributed by atoms with Crippen LogP contribution in [0.1, 0.15) is 42.4 Å². The van der Waals surface area contributed by atoms with E-state index < -0.39 is 0 Å². The van der Waals surface area contributed by atoms with Crippen LogP contribution in [0, 0.1) is 13.8 Å². The summed E-state index contributed by atoms with van der Waals surface area (Å²) < 4.78 is 7.43. The zero-order chi connectivity index (χ0) is 14.9. The second-order valence-corrected chi connectivity index (χ2v) is 5.10. The lowest BCUT2D eigenvalue weighted by Gasteiger charge is -2.17. The summed E-state index contributed by atoms with van der Waals surface area (Å²) in [4.78, 5) is 0. The van der Waals surface area contributed by atoms with E-state index in [1.807, 2.05) is 36.7 Å². The number of hydrogen-bond donors (Lipinski definition) is 1. The lowest BCUT2D eigenvalue weighted by Crippen LogP contribution is -2.13. The van der Waals surface area contributed by atoms with Crippen LogP contribution in [0.15, 0.2) is 18.2 Å². The molecule has 0 amide bonds. The number of benzene rings is 1. The van der Waals surface area contributed by atoms with Gasteiger partial charge in [0.2, 0.25) is 0 Å². The Morgan fingerprint density at radius 3 is 2.55 bits per heavy atom. The molecule has 1 aromatic heterocycles. The fourth-order valence-corrected chi connectivity index (χ4v) is 2.77. The van der Waals surface area contributed by atoms with Gasteiger partial charge in [0, 0.05) is 17.3 Å². The highest BCUT2D eigenvalue weighted by Crippen LogP contribution is 2.31. The maximum atomic E-state index is 6.13. The van der Waals surface area contributed by atoms with E-state index in [1.54, 1.807) is 7.11 Å². The molecule has 0 aliphatic rings. The number of ether oxygens (including phenoxy) is 1. The lowest BCUT2D eigenvalue weighted by atomic mass is 10.0. The quantitative estimate of drug-likeness (QED) is 0.931. The van der Waals surface area contributed by atoms with Crippen molar-refractivity contribution in [2.24, 2.45) is 5.73 Å². The first kappa shape index (κ1) is 14.6. The van der Waals surface area contributed by atoms with Gasteiger partial charge in [0.15, 0.2) is 0 Å². The summed E-state index contributed by atoms with van der Waals surface area (Å²) in [7, 11) is 1.67. The van der Waals surface area contributed by atoms with Crippen LogP contribution in [-0.4, -0.2) is 16.9 Å². The van der Waals surface area contributed by atoms with Crippen LogP contribution in [0.2, 0.25) is 0 Å². The molecule has 0 bridgehead atoms. The van der Waals surface area contributed by atoms with Crippen molar-refractivity contribution in [1.29, 1.82) is 0 Å². The minimum Gasteiger partial charge on any atom is -0.496 e. The summed E-state index contributed by atoms with van der Waals surface area (Å²) >= 11 is 0. The third-order valence-corrected chi connectivity index (χ3v) is 3.74. The van der Waals surface area contributed by atoms with Crippen molar-refractivity contribution in [3.63, 3.8) is 0 Å². The summed E-state index contributed by atoms with van der Waals surface area (Å²) in [6.45, 7) is 8.27. The first-order valence-corrected chi connectivity index (χ1v) is 6.99. The Labute approximate surface area is 120 Å². The van der Waals surface area contributed by atoms with Crippen molar-refractivity contribution in [1.82, 2.24) is 9.78 Å².